The maximum atomic E-state index is 12.4. The maximum Gasteiger partial charge on any atom is 0.245 e. The molecule has 0 aliphatic carbocycles. The number of rotatable bonds is 8. The molecule has 2 aliphatic heterocycles. The molecule has 1 fully saturated rings. The van der Waals surface area contributed by atoms with Crippen molar-refractivity contribution in [3.8, 4) is 0 Å². The first-order chi connectivity index (χ1) is 16.1. The van der Waals surface area contributed by atoms with Crippen LogP contribution in [0.15, 0.2) is 60.7 Å². The molecule has 2 aliphatic rings. The van der Waals surface area contributed by atoms with E-state index in [2.05, 4.69) is 41.1 Å². The van der Waals surface area contributed by atoms with E-state index in [1.807, 2.05) is 18.2 Å². The molecule has 0 unspecified atom stereocenters. The van der Waals surface area contributed by atoms with E-state index in [4.69, 9.17) is 11.6 Å². The van der Waals surface area contributed by atoms with E-state index in [-0.39, 0.29) is 24.8 Å². The van der Waals surface area contributed by atoms with Crippen LogP contribution in [0.4, 0.5) is 0 Å². The Morgan fingerprint density at radius 2 is 1.70 bits per heavy atom. The number of carbonyl (C=O) groups is 2. The van der Waals surface area contributed by atoms with E-state index in [1.165, 1.54) is 15.5 Å². The molecule has 4 rings (SSSR count). The summed E-state index contributed by atoms with van der Waals surface area (Å²) in [5.41, 5.74) is 6.19. The molecule has 0 atom stereocenters. The first-order valence-corrected chi connectivity index (χ1v) is 12.0. The van der Waals surface area contributed by atoms with Gasteiger partial charge < -0.3 is 15.1 Å². The van der Waals surface area contributed by atoms with Crippen LogP contribution in [0.1, 0.15) is 17.5 Å². The number of hydrogen-bond donors (Lipinski definition) is 4. The Labute approximate surface area is 200 Å². The summed E-state index contributed by atoms with van der Waals surface area (Å²) in [4.78, 5) is 27.8. The topological polar surface area (TPSA) is 70.3 Å². The molecular formula is C25H32ClN5O2+2. The van der Waals surface area contributed by atoms with Gasteiger partial charge in [0.1, 0.15) is 39.3 Å². The van der Waals surface area contributed by atoms with E-state index in [0.717, 1.165) is 50.5 Å². The number of benzene rings is 2. The number of piperazine rings is 1. The van der Waals surface area contributed by atoms with Gasteiger partial charge in [-0.3, -0.25) is 15.0 Å². The van der Waals surface area contributed by atoms with Crippen LogP contribution in [0.25, 0.3) is 5.70 Å². The molecule has 0 radical (unpaired) electrons. The highest BCUT2D eigenvalue weighted by atomic mass is 35.5. The first kappa shape index (κ1) is 23.3. The first-order valence-electron chi connectivity index (χ1n) is 11.6. The van der Waals surface area contributed by atoms with Crippen LogP contribution in [0, 0.1) is 0 Å². The lowest BCUT2D eigenvalue weighted by Crippen LogP contribution is -3.27. The van der Waals surface area contributed by atoms with Crippen LogP contribution in [0.2, 0.25) is 5.02 Å². The van der Waals surface area contributed by atoms with Crippen molar-refractivity contribution in [1.29, 1.82) is 0 Å². The molecule has 2 amide bonds. The molecule has 174 valence electrons. The average molecular weight is 470 g/mol. The second-order valence-electron chi connectivity index (χ2n) is 8.68. The summed E-state index contributed by atoms with van der Waals surface area (Å²) in [6.07, 6.45) is 2.10. The Morgan fingerprint density at radius 1 is 1.00 bits per heavy atom. The van der Waals surface area contributed by atoms with Crippen molar-refractivity contribution < 1.29 is 19.4 Å². The molecule has 4 N–H and O–H groups in total. The standard InChI is InChI=1S/C25H30ClN5O2/c26-22-8-6-21(7-9-22)23-10-11-25(33)31(28-23)19-24(32)27-12-13-29-14-16-30(17-15-29)18-20-4-2-1-3-5-20/h1-10,28H,11-19H2,(H,27,32)/p+2. The lowest BCUT2D eigenvalue weighted by Gasteiger charge is -2.30. The summed E-state index contributed by atoms with van der Waals surface area (Å²) in [5.74, 6) is -0.271. The van der Waals surface area contributed by atoms with Gasteiger partial charge in [0, 0.05) is 17.0 Å². The van der Waals surface area contributed by atoms with Crippen molar-refractivity contribution in [2.45, 2.75) is 13.0 Å². The van der Waals surface area contributed by atoms with Gasteiger partial charge in [-0.15, -0.1) is 0 Å². The largest absolute Gasteiger partial charge is 0.349 e. The fourth-order valence-corrected chi connectivity index (χ4v) is 4.47. The molecule has 2 aromatic rings. The Balaban J connectivity index is 1.16. The molecule has 8 heteroatoms. The van der Waals surface area contributed by atoms with Gasteiger partial charge in [-0.05, 0) is 23.8 Å². The van der Waals surface area contributed by atoms with E-state index in [0.29, 0.717) is 11.6 Å². The van der Waals surface area contributed by atoms with Crippen molar-refractivity contribution in [1.82, 2.24) is 15.8 Å². The van der Waals surface area contributed by atoms with Crippen molar-refractivity contribution in [3.05, 3.63) is 76.8 Å². The Hall–Kier alpha value is -2.87. The van der Waals surface area contributed by atoms with Gasteiger partial charge >= 0.3 is 0 Å². The van der Waals surface area contributed by atoms with Crippen LogP contribution in [0.3, 0.4) is 0 Å². The van der Waals surface area contributed by atoms with Crippen LogP contribution >= 0.6 is 11.6 Å². The molecule has 0 spiro atoms. The number of quaternary nitrogens is 2. The Kier molecular flexibility index (Phi) is 7.99. The molecular weight excluding hydrogens is 438 g/mol. The van der Waals surface area contributed by atoms with Gasteiger partial charge in [0.2, 0.25) is 11.8 Å². The van der Waals surface area contributed by atoms with Crippen molar-refractivity contribution in [3.63, 3.8) is 0 Å². The number of nitrogens with one attached hydrogen (secondary N) is 4. The monoisotopic (exact) mass is 469 g/mol. The average Bonchev–Trinajstić information content (AvgIpc) is 2.83. The molecule has 2 heterocycles. The summed E-state index contributed by atoms with van der Waals surface area (Å²) < 4.78 is 0. The zero-order chi connectivity index (χ0) is 23.0. The number of amides is 2. The molecule has 33 heavy (non-hydrogen) atoms. The maximum absolute atomic E-state index is 12.4. The van der Waals surface area contributed by atoms with Crippen molar-refractivity contribution in [2.75, 3.05) is 45.8 Å². The van der Waals surface area contributed by atoms with Crippen LogP contribution < -0.4 is 20.5 Å². The lowest BCUT2D eigenvalue weighted by atomic mass is 10.1. The highest BCUT2D eigenvalue weighted by molar-refractivity contribution is 6.30. The summed E-state index contributed by atoms with van der Waals surface area (Å²) in [6, 6.07) is 18.0. The van der Waals surface area contributed by atoms with Gasteiger partial charge in [0.15, 0.2) is 0 Å². The molecule has 0 aromatic heterocycles. The summed E-state index contributed by atoms with van der Waals surface area (Å²) in [7, 11) is 0. The van der Waals surface area contributed by atoms with Crippen LogP contribution in [-0.4, -0.2) is 62.6 Å². The minimum atomic E-state index is -0.152. The fraction of sp³-hybridized carbons (Fsp3) is 0.360. The van der Waals surface area contributed by atoms with E-state index in [9.17, 15) is 9.59 Å². The normalized spacial score (nSPS) is 20.7. The zero-order valence-electron chi connectivity index (χ0n) is 18.8. The molecule has 0 saturated carbocycles. The number of hydrogen-bond acceptors (Lipinski definition) is 3. The van der Waals surface area contributed by atoms with Gasteiger partial charge in [0.05, 0.1) is 18.8 Å². The van der Waals surface area contributed by atoms with Gasteiger partial charge in [-0.25, -0.2) is 5.01 Å². The second kappa shape index (κ2) is 11.3. The lowest BCUT2D eigenvalue weighted by molar-refractivity contribution is -1.02. The highest BCUT2D eigenvalue weighted by Crippen LogP contribution is 2.19. The third kappa shape index (κ3) is 6.81. The zero-order valence-corrected chi connectivity index (χ0v) is 19.5. The minimum Gasteiger partial charge on any atom is -0.349 e. The van der Waals surface area contributed by atoms with Crippen LogP contribution in [-0.2, 0) is 16.1 Å². The predicted molar refractivity (Wildman–Crippen MR) is 128 cm³/mol. The van der Waals surface area contributed by atoms with E-state index < -0.39 is 0 Å². The Bertz CT molecular complexity index is 972. The third-order valence-corrected chi connectivity index (χ3v) is 6.51. The molecule has 1 saturated heterocycles. The van der Waals surface area contributed by atoms with Crippen molar-refractivity contribution in [2.24, 2.45) is 0 Å². The molecule has 0 bridgehead atoms. The third-order valence-electron chi connectivity index (χ3n) is 6.26. The smallest absolute Gasteiger partial charge is 0.245 e. The summed E-state index contributed by atoms with van der Waals surface area (Å²) in [5, 5.41) is 5.02. The van der Waals surface area contributed by atoms with Gasteiger partial charge in [0.25, 0.3) is 0 Å². The van der Waals surface area contributed by atoms with Crippen molar-refractivity contribution >= 4 is 29.1 Å². The summed E-state index contributed by atoms with van der Waals surface area (Å²) in [6.45, 7) is 7.10. The van der Waals surface area contributed by atoms with E-state index in [1.54, 1.807) is 17.0 Å². The molecule has 2 aromatic carbocycles. The van der Waals surface area contributed by atoms with Crippen LogP contribution in [0.5, 0.6) is 0 Å². The van der Waals surface area contributed by atoms with Gasteiger partial charge in [-0.2, -0.15) is 0 Å². The highest BCUT2D eigenvalue weighted by Gasteiger charge is 2.24. The quantitative estimate of drug-likeness (QED) is 0.422. The number of halogens is 1. The number of hydrazine groups is 1. The predicted octanol–water partition coefficient (Wildman–Crippen LogP) is -0.482. The Morgan fingerprint density at radius 3 is 2.42 bits per heavy atom. The van der Waals surface area contributed by atoms with E-state index >= 15 is 0 Å². The minimum absolute atomic E-state index is 0.00586. The molecule has 7 nitrogen and oxygen atoms in total. The second-order valence-corrected chi connectivity index (χ2v) is 9.12. The number of carbonyl (C=O) groups excluding carboxylic acids is 2. The van der Waals surface area contributed by atoms with Gasteiger partial charge in [-0.1, -0.05) is 54.1 Å². The number of nitrogens with zero attached hydrogens (tertiary/aromatic N) is 1. The fourth-order valence-electron chi connectivity index (χ4n) is 4.34. The SMILES string of the molecule is O=C(CN1NC(c2ccc(Cl)cc2)=CCC1=O)NCC[NH+]1CC[NH+](Cc2ccccc2)CC1. The summed E-state index contributed by atoms with van der Waals surface area (Å²) >= 11 is 5.96.